The predicted octanol–water partition coefficient (Wildman–Crippen LogP) is 1.10. The van der Waals surface area contributed by atoms with E-state index in [0.29, 0.717) is 5.69 Å². The van der Waals surface area contributed by atoms with Crippen LogP contribution in [0.1, 0.15) is 19.3 Å². The lowest BCUT2D eigenvalue weighted by atomic mass is 10.0. The number of para-hydroxylation sites is 2. The molecule has 3 N–H and O–H groups in total. The van der Waals surface area contributed by atoms with Crippen molar-refractivity contribution < 1.29 is 9.59 Å². The van der Waals surface area contributed by atoms with E-state index in [2.05, 4.69) is 5.32 Å². The second kappa shape index (κ2) is 4.66. The van der Waals surface area contributed by atoms with Gasteiger partial charge in [0, 0.05) is 12.0 Å². The molecule has 5 heteroatoms. The Kier molecular flexibility index (Phi) is 2.98. The van der Waals surface area contributed by atoms with E-state index in [9.17, 15) is 9.59 Å². The molecule has 0 aromatic heterocycles. The molecule has 2 amide bonds. The molecule has 0 radical (unpaired) electrons. The van der Waals surface area contributed by atoms with Gasteiger partial charge in [0.15, 0.2) is 0 Å². The van der Waals surface area contributed by atoms with Gasteiger partial charge < -0.3 is 16.0 Å². The van der Waals surface area contributed by atoms with Crippen molar-refractivity contribution in [2.75, 3.05) is 16.8 Å². The van der Waals surface area contributed by atoms with Gasteiger partial charge in [-0.05, 0) is 31.4 Å². The lowest BCUT2D eigenvalue weighted by Crippen LogP contribution is -2.44. The van der Waals surface area contributed by atoms with Crippen LogP contribution in [0.5, 0.6) is 0 Å². The number of nitrogens with zero attached hydrogens (tertiary/aromatic N) is 1. The zero-order valence-electron chi connectivity index (χ0n) is 10.6. The third-order valence-electron chi connectivity index (χ3n) is 3.86. The van der Waals surface area contributed by atoms with Crippen molar-refractivity contribution in [3.63, 3.8) is 0 Å². The normalized spacial score (nSPS) is 25.9. The first kappa shape index (κ1) is 12.2. The molecule has 19 heavy (non-hydrogen) atoms. The van der Waals surface area contributed by atoms with Crippen LogP contribution in [0.25, 0.3) is 0 Å². The quantitative estimate of drug-likeness (QED) is 0.793. The monoisotopic (exact) mass is 259 g/mol. The summed E-state index contributed by atoms with van der Waals surface area (Å²) in [6.07, 6.45) is 2.43. The lowest BCUT2D eigenvalue weighted by molar-refractivity contribution is -0.124. The van der Waals surface area contributed by atoms with Gasteiger partial charge in [0.1, 0.15) is 6.54 Å². The van der Waals surface area contributed by atoms with Crippen LogP contribution in [0.15, 0.2) is 24.3 Å². The highest BCUT2D eigenvalue weighted by atomic mass is 16.2. The number of hydrogen-bond acceptors (Lipinski definition) is 3. The van der Waals surface area contributed by atoms with Gasteiger partial charge in [0.25, 0.3) is 0 Å². The van der Waals surface area contributed by atoms with E-state index < -0.39 is 0 Å². The molecule has 1 saturated carbocycles. The number of carbonyl (C=O) groups excluding carboxylic acids is 2. The third-order valence-corrected chi connectivity index (χ3v) is 3.86. The molecule has 0 saturated heterocycles. The van der Waals surface area contributed by atoms with Gasteiger partial charge >= 0.3 is 0 Å². The molecular weight excluding hydrogens is 242 g/mol. The summed E-state index contributed by atoms with van der Waals surface area (Å²) in [5.74, 6) is -0.168. The molecule has 1 aliphatic carbocycles. The number of nitrogens with two attached hydrogens (primary N) is 1. The molecule has 1 aromatic carbocycles. The van der Waals surface area contributed by atoms with Gasteiger partial charge in [-0.25, -0.2) is 0 Å². The maximum atomic E-state index is 12.5. The standard InChI is InChI=1S/C14H17N3O2/c15-10-6-5-9(7-10)14(19)17-8-13(18)16-11-3-1-2-4-12(11)17/h1-4,9-10H,5-8,15H2,(H,16,18). The van der Waals surface area contributed by atoms with E-state index in [0.717, 1.165) is 24.9 Å². The third kappa shape index (κ3) is 2.21. The Morgan fingerprint density at radius 2 is 2.11 bits per heavy atom. The molecule has 2 atom stereocenters. The van der Waals surface area contributed by atoms with Gasteiger partial charge in [0.2, 0.25) is 11.8 Å². The zero-order chi connectivity index (χ0) is 13.4. The highest BCUT2D eigenvalue weighted by molar-refractivity contribution is 6.10. The molecule has 1 heterocycles. The Balaban J connectivity index is 1.88. The van der Waals surface area contributed by atoms with Gasteiger partial charge in [0.05, 0.1) is 11.4 Å². The van der Waals surface area contributed by atoms with Gasteiger partial charge in [-0.3, -0.25) is 9.59 Å². The number of anilines is 2. The van der Waals surface area contributed by atoms with Crippen LogP contribution in [0.2, 0.25) is 0 Å². The van der Waals surface area contributed by atoms with Crippen LogP contribution in [0, 0.1) is 5.92 Å². The number of hydrogen-bond donors (Lipinski definition) is 2. The van der Waals surface area contributed by atoms with E-state index in [1.807, 2.05) is 24.3 Å². The summed E-state index contributed by atoms with van der Waals surface area (Å²) in [6, 6.07) is 7.51. The van der Waals surface area contributed by atoms with Crippen molar-refractivity contribution in [1.29, 1.82) is 0 Å². The highest BCUT2D eigenvalue weighted by Crippen LogP contribution is 2.33. The molecule has 1 aromatic rings. The minimum Gasteiger partial charge on any atom is -0.328 e. The number of rotatable bonds is 1. The van der Waals surface area contributed by atoms with Crippen molar-refractivity contribution in [2.24, 2.45) is 11.7 Å². The minimum absolute atomic E-state index is 0.0234. The highest BCUT2D eigenvalue weighted by Gasteiger charge is 2.34. The first-order valence-corrected chi connectivity index (χ1v) is 6.61. The summed E-state index contributed by atoms with van der Waals surface area (Å²) < 4.78 is 0. The van der Waals surface area contributed by atoms with Crippen LogP contribution >= 0.6 is 0 Å². The average Bonchev–Trinajstić information content (AvgIpc) is 2.83. The first-order valence-electron chi connectivity index (χ1n) is 6.61. The van der Waals surface area contributed by atoms with Crippen molar-refractivity contribution in [3.8, 4) is 0 Å². The Labute approximate surface area is 111 Å². The van der Waals surface area contributed by atoms with Crippen molar-refractivity contribution in [3.05, 3.63) is 24.3 Å². The molecule has 2 aliphatic rings. The van der Waals surface area contributed by atoms with Crippen LogP contribution < -0.4 is 16.0 Å². The van der Waals surface area contributed by atoms with Gasteiger partial charge in [-0.2, -0.15) is 0 Å². The molecule has 0 spiro atoms. The van der Waals surface area contributed by atoms with E-state index in [1.165, 1.54) is 0 Å². The number of fused-ring (bicyclic) bond motifs is 1. The van der Waals surface area contributed by atoms with E-state index in [-0.39, 0.29) is 30.3 Å². The van der Waals surface area contributed by atoms with E-state index in [1.54, 1.807) is 4.90 Å². The van der Waals surface area contributed by atoms with Gasteiger partial charge in [-0.15, -0.1) is 0 Å². The predicted molar refractivity (Wildman–Crippen MR) is 72.7 cm³/mol. The van der Waals surface area contributed by atoms with Gasteiger partial charge in [-0.1, -0.05) is 12.1 Å². The maximum Gasteiger partial charge on any atom is 0.244 e. The first-order chi connectivity index (χ1) is 9.15. The number of nitrogens with one attached hydrogen (secondary N) is 1. The second-order valence-corrected chi connectivity index (χ2v) is 5.26. The molecular formula is C14H17N3O2. The Morgan fingerprint density at radius 3 is 2.84 bits per heavy atom. The fourth-order valence-electron chi connectivity index (χ4n) is 2.89. The molecule has 5 nitrogen and oxygen atoms in total. The van der Waals surface area contributed by atoms with Crippen LogP contribution in [-0.4, -0.2) is 24.4 Å². The Hall–Kier alpha value is -1.88. The van der Waals surface area contributed by atoms with Crippen LogP contribution in [0.4, 0.5) is 11.4 Å². The molecule has 2 unspecified atom stereocenters. The zero-order valence-corrected chi connectivity index (χ0v) is 10.6. The van der Waals surface area contributed by atoms with Crippen molar-refractivity contribution in [1.82, 2.24) is 0 Å². The summed E-state index contributed by atoms with van der Waals surface area (Å²) >= 11 is 0. The SMILES string of the molecule is NC1CCC(C(=O)N2CC(=O)Nc3ccccc32)C1. The summed E-state index contributed by atoms with van der Waals surface area (Å²) in [7, 11) is 0. The summed E-state index contributed by atoms with van der Waals surface area (Å²) in [5, 5.41) is 2.79. The largest absolute Gasteiger partial charge is 0.328 e. The smallest absolute Gasteiger partial charge is 0.244 e. The van der Waals surface area contributed by atoms with Crippen LogP contribution in [0.3, 0.4) is 0 Å². The summed E-state index contributed by atoms with van der Waals surface area (Å²) in [5.41, 5.74) is 7.35. The molecule has 1 aliphatic heterocycles. The van der Waals surface area contributed by atoms with Crippen molar-refractivity contribution >= 4 is 23.2 Å². The topological polar surface area (TPSA) is 75.4 Å². The van der Waals surface area contributed by atoms with E-state index in [4.69, 9.17) is 5.73 Å². The molecule has 0 bridgehead atoms. The van der Waals surface area contributed by atoms with Crippen molar-refractivity contribution in [2.45, 2.75) is 25.3 Å². The van der Waals surface area contributed by atoms with E-state index >= 15 is 0 Å². The molecule has 100 valence electrons. The fraction of sp³-hybridized carbons (Fsp3) is 0.429. The summed E-state index contributed by atoms with van der Waals surface area (Å²) in [4.78, 5) is 25.8. The fourth-order valence-corrected chi connectivity index (χ4v) is 2.89. The average molecular weight is 259 g/mol. The molecule has 3 rings (SSSR count). The molecule has 1 fully saturated rings. The number of benzene rings is 1. The number of carbonyl (C=O) groups is 2. The number of amides is 2. The second-order valence-electron chi connectivity index (χ2n) is 5.26. The maximum absolute atomic E-state index is 12.5. The Morgan fingerprint density at radius 1 is 1.32 bits per heavy atom. The summed E-state index contributed by atoms with van der Waals surface area (Å²) in [6.45, 7) is 0.0988. The lowest BCUT2D eigenvalue weighted by Gasteiger charge is -2.31. The van der Waals surface area contributed by atoms with Crippen LogP contribution in [-0.2, 0) is 9.59 Å². The Bertz CT molecular complexity index is 529. The minimum atomic E-state index is -0.144.